The van der Waals surface area contributed by atoms with Crippen LogP contribution in [0.2, 0.25) is 0 Å². The summed E-state index contributed by atoms with van der Waals surface area (Å²) in [6, 6.07) is 9.99. The number of anilines is 1. The van der Waals surface area contributed by atoms with Gasteiger partial charge in [-0.3, -0.25) is 14.8 Å². The van der Waals surface area contributed by atoms with Gasteiger partial charge < -0.3 is 0 Å². The summed E-state index contributed by atoms with van der Waals surface area (Å²) in [6.07, 6.45) is 2.53. The molecule has 2 aromatic heterocycles. The molecule has 0 saturated carbocycles. The fourth-order valence-corrected chi connectivity index (χ4v) is 3.75. The highest BCUT2D eigenvalue weighted by molar-refractivity contribution is 7.16. The maximum absolute atomic E-state index is 12.3. The lowest BCUT2D eigenvalue weighted by molar-refractivity contribution is 0.101. The Bertz CT molecular complexity index is 865. The van der Waals surface area contributed by atoms with Crippen molar-refractivity contribution in [2.24, 2.45) is 0 Å². The first kappa shape index (κ1) is 13.2. The lowest BCUT2D eigenvalue weighted by Gasteiger charge is -2.04. The Kier molecular flexibility index (Phi) is 3.04. The van der Waals surface area contributed by atoms with Crippen molar-refractivity contribution >= 4 is 22.4 Å². The second kappa shape index (κ2) is 5.06. The lowest BCUT2D eigenvalue weighted by Crippen LogP contribution is -2.17. The minimum Gasteiger partial charge on any atom is -0.296 e. The van der Waals surface area contributed by atoms with Crippen LogP contribution in [0, 0.1) is 0 Å². The molecule has 0 fully saturated rings. The number of amides is 1. The molecule has 2 heterocycles. The number of aryl methyl sites for hydroxylation is 1. The van der Waals surface area contributed by atoms with Crippen LogP contribution in [0.15, 0.2) is 36.5 Å². The molecule has 0 saturated heterocycles. The molecule has 0 aliphatic heterocycles. The van der Waals surface area contributed by atoms with Crippen molar-refractivity contribution in [2.75, 3.05) is 5.32 Å². The molecule has 1 amide bonds. The number of thiazole rings is 1. The molecule has 4 rings (SSSR count). The molecule has 0 unspecified atom stereocenters. The fourth-order valence-electron chi connectivity index (χ4n) is 2.75. The van der Waals surface area contributed by atoms with E-state index in [4.69, 9.17) is 0 Å². The maximum Gasteiger partial charge on any atom is 0.275 e. The molecular formula is C16H14N4OS. The third-order valence-electron chi connectivity index (χ3n) is 3.79. The van der Waals surface area contributed by atoms with Gasteiger partial charge in [0.25, 0.3) is 5.91 Å². The van der Waals surface area contributed by atoms with Crippen LogP contribution >= 0.6 is 11.3 Å². The topological polar surface area (TPSA) is 59.8 Å². The van der Waals surface area contributed by atoms with Crippen LogP contribution in [-0.2, 0) is 13.0 Å². The van der Waals surface area contributed by atoms with Crippen molar-refractivity contribution in [3.05, 3.63) is 52.7 Å². The summed E-state index contributed by atoms with van der Waals surface area (Å²) >= 11 is 1.54. The van der Waals surface area contributed by atoms with Crippen LogP contribution in [0.5, 0.6) is 0 Å². The Morgan fingerprint density at radius 1 is 1.36 bits per heavy atom. The van der Waals surface area contributed by atoms with Gasteiger partial charge >= 0.3 is 0 Å². The summed E-state index contributed by atoms with van der Waals surface area (Å²) in [7, 11) is 0. The van der Waals surface area contributed by atoms with E-state index in [0.717, 1.165) is 12.1 Å². The normalized spacial score (nSPS) is 12.0. The predicted octanol–water partition coefficient (Wildman–Crippen LogP) is 3.18. The smallest absolute Gasteiger partial charge is 0.275 e. The van der Waals surface area contributed by atoms with E-state index in [1.165, 1.54) is 16.0 Å². The minimum absolute atomic E-state index is 0.167. The molecule has 0 bridgehead atoms. The zero-order valence-electron chi connectivity index (χ0n) is 12.0. The van der Waals surface area contributed by atoms with Crippen molar-refractivity contribution in [2.45, 2.75) is 19.9 Å². The first-order valence-corrected chi connectivity index (χ1v) is 7.99. The number of hydrogen-bond donors (Lipinski definition) is 1. The van der Waals surface area contributed by atoms with Gasteiger partial charge in [0.05, 0.1) is 5.69 Å². The summed E-state index contributed by atoms with van der Waals surface area (Å²) in [5.41, 5.74) is 4.03. The number of benzene rings is 1. The summed E-state index contributed by atoms with van der Waals surface area (Å²) in [5.74, 6) is -0.167. The van der Waals surface area contributed by atoms with Gasteiger partial charge in [0.15, 0.2) is 5.13 Å². The van der Waals surface area contributed by atoms with Crippen LogP contribution in [-0.4, -0.2) is 20.7 Å². The first-order chi connectivity index (χ1) is 10.8. The van der Waals surface area contributed by atoms with E-state index < -0.39 is 0 Å². The summed E-state index contributed by atoms with van der Waals surface area (Å²) < 4.78 is 1.67. The van der Waals surface area contributed by atoms with E-state index in [1.807, 2.05) is 19.1 Å². The molecule has 0 radical (unpaired) electrons. The third kappa shape index (κ3) is 2.03. The quantitative estimate of drug-likeness (QED) is 0.632. The van der Waals surface area contributed by atoms with Crippen molar-refractivity contribution in [1.82, 2.24) is 14.8 Å². The number of hydrogen-bond acceptors (Lipinski definition) is 4. The molecule has 1 aliphatic rings. The molecule has 110 valence electrons. The van der Waals surface area contributed by atoms with E-state index in [1.54, 1.807) is 28.3 Å². The van der Waals surface area contributed by atoms with Crippen LogP contribution < -0.4 is 5.32 Å². The van der Waals surface area contributed by atoms with Gasteiger partial charge in [-0.05, 0) is 18.6 Å². The summed E-state index contributed by atoms with van der Waals surface area (Å²) in [4.78, 5) is 18.1. The van der Waals surface area contributed by atoms with Gasteiger partial charge in [0.2, 0.25) is 0 Å². The van der Waals surface area contributed by atoms with Crippen LogP contribution in [0.3, 0.4) is 0 Å². The van der Waals surface area contributed by atoms with Crippen molar-refractivity contribution < 1.29 is 4.79 Å². The molecule has 1 aliphatic carbocycles. The zero-order valence-corrected chi connectivity index (χ0v) is 12.9. The average molecular weight is 310 g/mol. The average Bonchev–Trinajstić information content (AvgIpc) is 3.20. The summed E-state index contributed by atoms with van der Waals surface area (Å²) in [5, 5.41) is 7.65. The van der Waals surface area contributed by atoms with Crippen molar-refractivity contribution in [3.63, 3.8) is 0 Å². The zero-order chi connectivity index (χ0) is 15.1. The Balaban J connectivity index is 1.61. The number of fused-ring (bicyclic) bond motifs is 3. The minimum atomic E-state index is -0.167. The SMILES string of the molecule is CCn1nccc1C(=O)Nc1nc2c(s1)Cc1ccccc1-2. The largest absolute Gasteiger partial charge is 0.296 e. The number of rotatable bonds is 3. The molecule has 0 atom stereocenters. The maximum atomic E-state index is 12.3. The second-order valence-electron chi connectivity index (χ2n) is 5.11. The second-order valence-corrected chi connectivity index (χ2v) is 6.19. The molecule has 1 N–H and O–H groups in total. The van der Waals surface area contributed by atoms with Gasteiger partial charge in [-0.1, -0.05) is 24.3 Å². The van der Waals surface area contributed by atoms with Gasteiger partial charge in [-0.15, -0.1) is 11.3 Å². The number of carbonyl (C=O) groups is 1. The van der Waals surface area contributed by atoms with E-state index in [2.05, 4.69) is 27.5 Å². The third-order valence-corrected chi connectivity index (χ3v) is 4.76. The van der Waals surface area contributed by atoms with Crippen LogP contribution in [0.25, 0.3) is 11.3 Å². The van der Waals surface area contributed by atoms with Crippen molar-refractivity contribution in [1.29, 1.82) is 0 Å². The van der Waals surface area contributed by atoms with Crippen LogP contribution in [0.4, 0.5) is 5.13 Å². The molecule has 5 nitrogen and oxygen atoms in total. The first-order valence-electron chi connectivity index (χ1n) is 7.17. The van der Waals surface area contributed by atoms with E-state index >= 15 is 0 Å². The molecule has 6 heteroatoms. The number of aromatic nitrogens is 3. The van der Waals surface area contributed by atoms with E-state index in [0.29, 0.717) is 17.4 Å². The predicted molar refractivity (Wildman–Crippen MR) is 86.2 cm³/mol. The summed E-state index contributed by atoms with van der Waals surface area (Å²) in [6.45, 7) is 2.62. The molecule has 0 spiro atoms. The van der Waals surface area contributed by atoms with Crippen molar-refractivity contribution in [3.8, 4) is 11.3 Å². The lowest BCUT2D eigenvalue weighted by atomic mass is 10.1. The number of nitrogens with one attached hydrogen (secondary N) is 1. The van der Waals surface area contributed by atoms with Gasteiger partial charge in [0, 0.05) is 29.6 Å². The fraction of sp³-hybridized carbons (Fsp3) is 0.188. The highest BCUT2D eigenvalue weighted by Crippen LogP contribution is 2.40. The Labute approximate surface area is 131 Å². The molecule has 22 heavy (non-hydrogen) atoms. The van der Waals surface area contributed by atoms with Gasteiger partial charge in [0.1, 0.15) is 5.69 Å². The highest BCUT2D eigenvalue weighted by atomic mass is 32.1. The van der Waals surface area contributed by atoms with Gasteiger partial charge in [-0.25, -0.2) is 4.98 Å². The van der Waals surface area contributed by atoms with Gasteiger partial charge in [-0.2, -0.15) is 5.10 Å². The highest BCUT2D eigenvalue weighted by Gasteiger charge is 2.23. The van der Waals surface area contributed by atoms with Crippen LogP contribution in [0.1, 0.15) is 27.9 Å². The Morgan fingerprint density at radius 2 is 2.23 bits per heavy atom. The molecular weight excluding hydrogens is 296 g/mol. The van der Waals surface area contributed by atoms with E-state index in [-0.39, 0.29) is 5.91 Å². The monoisotopic (exact) mass is 310 g/mol. The standard InChI is InChI=1S/C16H14N4OS/c1-2-20-12(7-8-17-20)15(21)19-16-18-14-11-6-4-3-5-10(11)9-13(14)22-16/h3-8H,2,9H2,1H3,(H,18,19,21). The molecule has 1 aromatic carbocycles. The number of carbonyl (C=O) groups excluding carboxylic acids is 1. The number of nitrogens with zero attached hydrogens (tertiary/aromatic N) is 3. The van der Waals surface area contributed by atoms with E-state index in [9.17, 15) is 4.79 Å². The Hall–Kier alpha value is -2.47. The molecule has 3 aromatic rings. The Morgan fingerprint density at radius 3 is 3.09 bits per heavy atom.